The molecule has 0 spiro atoms. The smallest absolute Gasteiger partial charge is 0.266 e. The Balaban J connectivity index is 2.26. The van der Waals surface area contributed by atoms with Crippen molar-refractivity contribution in [2.45, 2.75) is 20.8 Å². The number of likely N-dealkylation sites (N-methyl/N-ethyl adjacent to an activating group) is 1. The number of nitrogens with zero attached hydrogens (tertiary/aromatic N) is 2. The normalized spacial score (nSPS) is 24.9. The molecule has 2 saturated heterocycles. The largest absolute Gasteiger partial charge is 0.366 e. The highest BCUT2D eigenvalue weighted by Gasteiger charge is 2.32. The van der Waals surface area contributed by atoms with Gasteiger partial charge in [0.15, 0.2) is 0 Å². The Kier molecular flexibility index (Phi) is 4.97. The van der Waals surface area contributed by atoms with E-state index in [1.165, 1.54) is 16.8 Å². The van der Waals surface area contributed by atoms with Crippen molar-refractivity contribution < 1.29 is 4.79 Å². The van der Waals surface area contributed by atoms with Gasteiger partial charge in [-0.2, -0.15) is 0 Å². The molecular formula is C13H18N2OS3. The fraction of sp³-hybridized carbons (Fsp3) is 0.538. The van der Waals surface area contributed by atoms with Crippen LogP contribution in [0.15, 0.2) is 21.6 Å². The molecule has 2 heterocycles. The number of hydrogen-bond acceptors (Lipinski definition) is 5. The van der Waals surface area contributed by atoms with E-state index in [-0.39, 0.29) is 5.91 Å². The third-order valence-corrected chi connectivity index (χ3v) is 5.79. The molecule has 1 amide bonds. The Labute approximate surface area is 128 Å². The van der Waals surface area contributed by atoms with E-state index in [1.807, 2.05) is 25.6 Å². The lowest BCUT2D eigenvalue weighted by Crippen LogP contribution is -2.27. The number of allylic oxidation sites excluding steroid dienone is 2. The predicted octanol–water partition coefficient (Wildman–Crippen LogP) is 3.05. The topological polar surface area (TPSA) is 23.6 Å². The maximum absolute atomic E-state index is 12.2. The van der Waals surface area contributed by atoms with Crippen LogP contribution < -0.4 is 0 Å². The third kappa shape index (κ3) is 3.01. The molecule has 2 aliphatic rings. The molecule has 0 aromatic rings. The highest BCUT2D eigenvalue weighted by molar-refractivity contribution is 8.26. The molecule has 0 bridgehead atoms. The molecule has 6 heteroatoms. The maximum atomic E-state index is 12.2. The number of carbonyl (C=O) groups is 1. The van der Waals surface area contributed by atoms with E-state index in [9.17, 15) is 4.79 Å². The molecule has 0 aromatic heterocycles. The Morgan fingerprint density at radius 1 is 1.42 bits per heavy atom. The Morgan fingerprint density at radius 3 is 2.74 bits per heavy atom. The van der Waals surface area contributed by atoms with Crippen LogP contribution in [0.5, 0.6) is 0 Å². The number of hydrogen-bond donors (Lipinski definition) is 0. The van der Waals surface area contributed by atoms with Gasteiger partial charge in [-0.15, -0.1) is 11.8 Å². The summed E-state index contributed by atoms with van der Waals surface area (Å²) >= 11 is 8.52. The Bertz CT molecular complexity index is 471. The summed E-state index contributed by atoms with van der Waals surface area (Å²) in [6.45, 7) is 8.87. The van der Waals surface area contributed by atoms with Gasteiger partial charge < -0.3 is 4.90 Å². The van der Waals surface area contributed by atoms with E-state index in [2.05, 4.69) is 17.9 Å². The highest BCUT2D eigenvalue weighted by Crippen LogP contribution is 2.35. The molecule has 0 unspecified atom stereocenters. The maximum Gasteiger partial charge on any atom is 0.266 e. The summed E-state index contributed by atoms with van der Waals surface area (Å²) in [7, 11) is 0. The van der Waals surface area contributed by atoms with Crippen LogP contribution in [-0.4, -0.2) is 45.4 Å². The molecule has 0 saturated carbocycles. The van der Waals surface area contributed by atoms with Gasteiger partial charge in [0.1, 0.15) is 4.32 Å². The summed E-state index contributed by atoms with van der Waals surface area (Å²) in [6, 6.07) is 0. The van der Waals surface area contributed by atoms with E-state index in [0.717, 1.165) is 29.3 Å². The van der Waals surface area contributed by atoms with Gasteiger partial charge in [0.05, 0.1) is 9.93 Å². The van der Waals surface area contributed by atoms with Gasteiger partial charge in [0, 0.05) is 25.4 Å². The summed E-state index contributed by atoms with van der Waals surface area (Å²) in [5, 5.41) is 1.27. The molecule has 0 N–H and O–H groups in total. The summed E-state index contributed by atoms with van der Waals surface area (Å²) in [5.74, 6) is 1.18. The van der Waals surface area contributed by atoms with Gasteiger partial charge in [0.2, 0.25) is 0 Å². The lowest BCUT2D eigenvalue weighted by Gasteiger charge is -2.16. The SMILES string of the molecule is CCN1CCSC1=C/C(C)=C1\SC(=S)N(CC)C1=O. The Hall–Kier alpha value is -0.460. The van der Waals surface area contributed by atoms with Gasteiger partial charge in [-0.1, -0.05) is 24.0 Å². The first-order valence-electron chi connectivity index (χ1n) is 6.42. The molecule has 2 fully saturated rings. The average Bonchev–Trinajstić information content (AvgIpc) is 2.94. The molecule has 0 radical (unpaired) electrons. The van der Waals surface area contributed by atoms with Crippen LogP contribution in [-0.2, 0) is 4.79 Å². The van der Waals surface area contributed by atoms with E-state index in [4.69, 9.17) is 12.2 Å². The van der Waals surface area contributed by atoms with Crippen LogP contribution in [0.25, 0.3) is 0 Å². The van der Waals surface area contributed by atoms with Crippen molar-refractivity contribution in [3.05, 3.63) is 21.6 Å². The quantitative estimate of drug-likeness (QED) is 0.588. The van der Waals surface area contributed by atoms with Crippen molar-refractivity contribution in [3.8, 4) is 0 Å². The molecule has 2 rings (SSSR count). The minimum absolute atomic E-state index is 0.0536. The van der Waals surface area contributed by atoms with Gasteiger partial charge in [-0.3, -0.25) is 9.69 Å². The zero-order chi connectivity index (χ0) is 14.0. The van der Waals surface area contributed by atoms with Crippen molar-refractivity contribution in [3.63, 3.8) is 0 Å². The minimum Gasteiger partial charge on any atom is -0.366 e. The molecule has 3 nitrogen and oxygen atoms in total. The van der Waals surface area contributed by atoms with Crippen LogP contribution in [0.4, 0.5) is 0 Å². The fourth-order valence-electron chi connectivity index (χ4n) is 2.07. The van der Waals surface area contributed by atoms with Crippen molar-refractivity contribution in [1.29, 1.82) is 0 Å². The number of carbonyl (C=O) groups excluding carboxylic acids is 1. The first kappa shape index (κ1) is 14.9. The number of thiocarbonyl (C=S) groups is 1. The van der Waals surface area contributed by atoms with Gasteiger partial charge in [0.25, 0.3) is 5.91 Å². The lowest BCUT2D eigenvalue weighted by atomic mass is 10.2. The van der Waals surface area contributed by atoms with Gasteiger partial charge in [-0.25, -0.2) is 0 Å². The molecule has 2 aliphatic heterocycles. The van der Waals surface area contributed by atoms with Crippen LogP contribution in [0, 0.1) is 0 Å². The van der Waals surface area contributed by atoms with Crippen molar-refractivity contribution in [2.24, 2.45) is 0 Å². The van der Waals surface area contributed by atoms with Crippen LogP contribution >= 0.6 is 35.7 Å². The highest BCUT2D eigenvalue weighted by atomic mass is 32.2. The van der Waals surface area contributed by atoms with Crippen molar-refractivity contribution >= 4 is 46.0 Å². The summed E-state index contributed by atoms with van der Waals surface area (Å²) < 4.78 is 0.673. The van der Waals surface area contributed by atoms with E-state index in [0.29, 0.717) is 10.9 Å². The number of rotatable bonds is 3. The van der Waals surface area contributed by atoms with E-state index >= 15 is 0 Å². The van der Waals surface area contributed by atoms with E-state index in [1.54, 1.807) is 4.90 Å². The molecule has 0 atom stereocenters. The standard InChI is InChI=1S/C13H18N2OS3/c1-4-14-6-7-18-10(14)8-9(3)11-12(16)15(5-2)13(17)19-11/h8H,4-7H2,1-3H3/b10-8?,11-9-. The van der Waals surface area contributed by atoms with Crippen LogP contribution in [0.3, 0.4) is 0 Å². The zero-order valence-corrected chi connectivity index (χ0v) is 13.9. The molecule has 0 aromatic carbocycles. The van der Waals surface area contributed by atoms with Crippen molar-refractivity contribution in [2.75, 3.05) is 25.4 Å². The number of thioether (sulfide) groups is 2. The molecule has 104 valence electrons. The Morgan fingerprint density at radius 2 is 2.16 bits per heavy atom. The summed E-state index contributed by atoms with van der Waals surface area (Å²) in [5.41, 5.74) is 1.02. The molecule has 0 aliphatic carbocycles. The van der Waals surface area contributed by atoms with Gasteiger partial charge >= 0.3 is 0 Å². The molecule has 19 heavy (non-hydrogen) atoms. The summed E-state index contributed by atoms with van der Waals surface area (Å²) in [4.78, 5) is 17.0. The fourth-order valence-corrected chi connectivity index (χ4v) is 4.63. The average molecular weight is 315 g/mol. The predicted molar refractivity (Wildman–Crippen MR) is 88.1 cm³/mol. The minimum atomic E-state index is 0.0536. The van der Waals surface area contributed by atoms with Crippen LogP contribution in [0.2, 0.25) is 0 Å². The number of amides is 1. The second kappa shape index (κ2) is 6.33. The van der Waals surface area contributed by atoms with E-state index < -0.39 is 0 Å². The van der Waals surface area contributed by atoms with Gasteiger partial charge in [-0.05, 0) is 32.4 Å². The second-order valence-electron chi connectivity index (χ2n) is 4.34. The first-order chi connectivity index (χ1) is 9.08. The van der Waals surface area contributed by atoms with Crippen LogP contribution in [0.1, 0.15) is 20.8 Å². The zero-order valence-electron chi connectivity index (χ0n) is 11.4. The lowest BCUT2D eigenvalue weighted by molar-refractivity contribution is -0.122. The summed E-state index contributed by atoms with van der Waals surface area (Å²) in [6.07, 6.45) is 2.13. The first-order valence-corrected chi connectivity index (χ1v) is 8.63. The third-order valence-electron chi connectivity index (χ3n) is 3.17. The van der Waals surface area contributed by atoms with Crippen molar-refractivity contribution in [1.82, 2.24) is 9.80 Å². The second-order valence-corrected chi connectivity index (χ2v) is 7.10. The molecular weight excluding hydrogens is 296 g/mol. The monoisotopic (exact) mass is 314 g/mol.